The van der Waals surface area contributed by atoms with E-state index in [1.807, 2.05) is 38.1 Å². The summed E-state index contributed by atoms with van der Waals surface area (Å²) in [5.41, 5.74) is 0.968. The van der Waals surface area contributed by atoms with Crippen molar-refractivity contribution in [3.63, 3.8) is 0 Å². The van der Waals surface area contributed by atoms with Crippen molar-refractivity contribution in [1.82, 2.24) is 10.6 Å². The first kappa shape index (κ1) is 17.3. The zero-order valence-electron chi connectivity index (χ0n) is 13.1. The molecule has 0 bridgehead atoms. The molecule has 0 heterocycles. The number of para-hydroxylation sites is 1. The van der Waals surface area contributed by atoms with Gasteiger partial charge in [-0.2, -0.15) is 0 Å². The van der Waals surface area contributed by atoms with Gasteiger partial charge in [0.2, 0.25) is 0 Å². The molecule has 1 rings (SSSR count). The van der Waals surface area contributed by atoms with Crippen LogP contribution >= 0.6 is 0 Å². The fraction of sp³-hybridized carbons (Fsp3) is 0.562. The Morgan fingerprint density at radius 1 is 1.29 bits per heavy atom. The molecule has 5 nitrogen and oxygen atoms in total. The molecular weight excluding hydrogens is 268 g/mol. The first-order chi connectivity index (χ1) is 9.98. The minimum atomic E-state index is -0.184. The molecule has 21 heavy (non-hydrogen) atoms. The Morgan fingerprint density at radius 2 is 2.00 bits per heavy atom. The van der Waals surface area contributed by atoms with E-state index in [-0.39, 0.29) is 18.1 Å². The predicted octanol–water partition coefficient (Wildman–Crippen LogP) is 1.95. The summed E-state index contributed by atoms with van der Waals surface area (Å²) in [6.45, 7) is 5.24. The molecule has 1 aromatic carbocycles. The number of carbonyl (C=O) groups is 1. The van der Waals surface area contributed by atoms with Crippen LogP contribution in [0.4, 0.5) is 4.79 Å². The molecular formula is C16H26N2O3. The monoisotopic (exact) mass is 294 g/mol. The van der Waals surface area contributed by atoms with Crippen LogP contribution < -0.4 is 15.4 Å². The van der Waals surface area contributed by atoms with E-state index in [2.05, 4.69) is 10.6 Å². The van der Waals surface area contributed by atoms with Crippen molar-refractivity contribution in [2.24, 2.45) is 5.41 Å². The number of benzene rings is 1. The lowest BCUT2D eigenvalue weighted by atomic mass is 9.90. The lowest BCUT2D eigenvalue weighted by molar-refractivity contribution is 0.201. The van der Waals surface area contributed by atoms with Gasteiger partial charge in [0.05, 0.1) is 7.11 Å². The zero-order chi connectivity index (χ0) is 15.7. The summed E-state index contributed by atoms with van der Waals surface area (Å²) in [4.78, 5) is 11.7. The number of amides is 2. The summed E-state index contributed by atoms with van der Waals surface area (Å²) in [7, 11) is 1.64. The zero-order valence-corrected chi connectivity index (χ0v) is 13.1. The highest BCUT2D eigenvalue weighted by Crippen LogP contribution is 2.18. The Labute approximate surface area is 126 Å². The van der Waals surface area contributed by atoms with Gasteiger partial charge in [-0.05, 0) is 29.9 Å². The Hall–Kier alpha value is -1.75. The van der Waals surface area contributed by atoms with Gasteiger partial charge in [-0.25, -0.2) is 4.79 Å². The Morgan fingerprint density at radius 3 is 2.67 bits per heavy atom. The van der Waals surface area contributed by atoms with Crippen molar-refractivity contribution >= 4 is 6.03 Å². The van der Waals surface area contributed by atoms with E-state index >= 15 is 0 Å². The van der Waals surface area contributed by atoms with Crippen LogP contribution in [0.15, 0.2) is 24.3 Å². The average molecular weight is 294 g/mol. The third-order valence-electron chi connectivity index (χ3n) is 3.39. The van der Waals surface area contributed by atoms with Gasteiger partial charge in [-0.1, -0.05) is 32.0 Å². The number of hydrogen-bond donors (Lipinski definition) is 3. The SMILES string of the molecule is COc1ccccc1CCNC(=O)NCC(C)(C)CCO. The molecule has 0 saturated heterocycles. The van der Waals surface area contributed by atoms with E-state index < -0.39 is 0 Å². The second-order valence-electron chi connectivity index (χ2n) is 5.81. The normalized spacial score (nSPS) is 11.0. The van der Waals surface area contributed by atoms with Crippen LogP contribution in [0, 0.1) is 5.41 Å². The largest absolute Gasteiger partial charge is 0.496 e. The fourth-order valence-electron chi connectivity index (χ4n) is 1.99. The first-order valence-corrected chi connectivity index (χ1v) is 7.23. The van der Waals surface area contributed by atoms with E-state index in [0.29, 0.717) is 19.5 Å². The minimum absolute atomic E-state index is 0.102. The maximum atomic E-state index is 11.7. The summed E-state index contributed by atoms with van der Waals surface area (Å²) in [5, 5.41) is 14.6. The third kappa shape index (κ3) is 6.49. The van der Waals surface area contributed by atoms with Crippen LogP contribution in [0.1, 0.15) is 25.8 Å². The molecule has 0 spiro atoms. The van der Waals surface area contributed by atoms with Gasteiger partial charge in [0.25, 0.3) is 0 Å². The number of aliphatic hydroxyl groups is 1. The highest BCUT2D eigenvalue weighted by Gasteiger charge is 2.17. The number of methoxy groups -OCH3 is 1. The summed E-state index contributed by atoms with van der Waals surface area (Å²) in [5.74, 6) is 0.837. The molecule has 0 atom stereocenters. The number of aliphatic hydroxyl groups excluding tert-OH is 1. The quantitative estimate of drug-likeness (QED) is 0.686. The summed E-state index contributed by atoms with van der Waals surface area (Å²) in [6.07, 6.45) is 1.38. The van der Waals surface area contributed by atoms with Gasteiger partial charge in [-0.3, -0.25) is 0 Å². The van der Waals surface area contributed by atoms with Crippen LogP contribution in [0.2, 0.25) is 0 Å². The molecule has 0 unspecified atom stereocenters. The van der Waals surface area contributed by atoms with E-state index in [1.165, 1.54) is 0 Å². The van der Waals surface area contributed by atoms with Gasteiger partial charge < -0.3 is 20.5 Å². The Balaban J connectivity index is 2.31. The third-order valence-corrected chi connectivity index (χ3v) is 3.39. The van der Waals surface area contributed by atoms with Gasteiger partial charge in [0, 0.05) is 19.7 Å². The summed E-state index contributed by atoms with van der Waals surface area (Å²) in [6, 6.07) is 7.59. The van der Waals surface area contributed by atoms with E-state index in [1.54, 1.807) is 7.11 Å². The molecule has 2 amide bonds. The highest BCUT2D eigenvalue weighted by atomic mass is 16.5. The van der Waals surface area contributed by atoms with E-state index in [4.69, 9.17) is 9.84 Å². The lowest BCUT2D eigenvalue weighted by Gasteiger charge is -2.23. The van der Waals surface area contributed by atoms with Crippen molar-refractivity contribution in [3.05, 3.63) is 29.8 Å². The topological polar surface area (TPSA) is 70.6 Å². The first-order valence-electron chi connectivity index (χ1n) is 7.23. The molecule has 0 fully saturated rings. The minimum Gasteiger partial charge on any atom is -0.496 e. The smallest absolute Gasteiger partial charge is 0.314 e. The molecule has 5 heteroatoms. The van der Waals surface area contributed by atoms with E-state index in [0.717, 1.165) is 17.7 Å². The number of urea groups is 1. The highest BCUT2D eigenvalue weighted by molar-refractivity contribution is 5.73. The molecule has 3 N–H and O–H groups in total. The van der Waals surface area contributed by atoms with Crippen LogP contribution in [0.25, 0.3) is 0 Å². The average Bonchev–Trinajstić information content (AvgIpc) is 2.46. The number of nitrogens with one attached hydrogen (secondary N) is 2. The maximum Gasteiger partial charge on any atom is 0.314 e. The summed E-state index contributed by atoms with van der Waals surface area (Å²) >= 11 is 0. The molecule has 118 valence electrons. The molecule has 0 aromatic heterocycles. The Bertz CT molecular complexity index is 447. The molecule has 0 radical (unpaired) electrons. The Kier molecular flexibility index (Phi) is 7.02. The van der Waals surface area contributed by atoms with Crippen molar-refractivity contribution in [2.45, 2.75) is 26.7 Å². The predicted molar refractivity (Wildman–Crippen MR) is 83.6 cm³/mol. The molecule has 0 aliphatic rings. The van der Waals surface area contributed by atoms with E-state index in [9.17, 15) is 4.79 Å². The fourth-order valence-corrected chi connectivity index (χ4v) is 1.99. The lowest BCUT2D eigenvalue weighted by Crippen LogP contribution is -2.41. The summed E-state index contributed by atoms with van der Waals surface area (Å²) < 4.78 is 5.27. The number of rotatable bonds is 8. The molecule has 0 saturated carbocycles. The van der Waals surface area contributed by atoms with Crippen LogP contribution in [0.5, 0.6) is 5.75 Å². The maximum absolute atomic E-state index is 11.7. The van der Waals surface area contributed by atoms with Gasteiger partial charge in [-0.15, -0.1) is 0 Å². The van der Waals surface area contributed by atoms with Crippen LogP contribution in [-0.2, 0) is 6.42 Å². The van der Waals surface area contributed by atoms with Gasteiger partial charge in [0.15, 0.2) is 0 Å². The van der Waals surface area contributed by atoms with Crippen molar-refractivity contribution in [1.29, 1.82) is 0 Å². The number of ether oxygens (including phenoxy) is 1. The standard InChI is InChI=1S/C16H26N2O3/c1-16(2,9-11-19)12-18-15(20)17-10-8-13-6-4-5-7-14(13)21-3/h4-7,19H,8-12H2,1-3H3,(H2,17,18,20). The second kappa shape index (κ2) is 8.52. The number of carbonyl (C=O) groups excluding carboxylic acids is 1. The van der Waals surface area contributed by atoms with Crippen molar-refractivity contribution < 1.29 is 14.6 Å². The molecule has 0 aliphatic carbocycles. The van der Waals surface area contributed by atoms with Crippen molar-refractivity contribution in [2.75, 3.05) is 26.8 Å². The van der Waals surface area contributed by atoms with Gasteiger partial charge in [0.1, 0.15) is 5.75 Å². The molecule has 0 aliphatic heterocycles. The van der Waals surface area contributed by atoms with Gasteiger partial charge >= 0.3 is 6.03 Å². The van der Waals surface area contributed by atoms with Crippen molar-refractivity contribution in [3.8, 4) is 5.75 Å². The van der Waals surface area contributed by atoms with Crippen LogP contribution in [-0.4, -0.2) is 37.9 Å². The number of hydrogen-bond acceptors (Lipinski definition) is 3. The second-order valence-corrected chi connectivity index (χ2v) is 5.81. The molecule has 1 aromatic rings. The van der Waals surface area contributed by atoms with Crippen LogP contribution in [0.3, 0.4) is 0 Å².